The molecular weight excluding hydrogens is 128 g/mol. The highest BCUT2D eigenvalue weighted by molar-refractivity contribution is 4.79. The molecule has 0 aromatic heterocycles. The van der Waals surface area contributed by atoms with Crippen LogP contribution in [0, 0.1) is 5.92 Å². The van der Waals surface area contributed by atoms with Gasteiger partial charge in [-0.15, -0.1) is 0 Å². The number of fused-ring (bicyclic) bond motifs is 1. The second-order valence-electron chi connectivity index (χ2n) is 3.20. The van der Waals surface area contributed by atoms with Crippen LogP contribution < -0.4 is 0 Å². The molecule has 2 fully saturated rings. The van der Waals surface area contributed by atoms with Crippen LogP contribution in [0.2, 0.25) is 0 Å². The van der Waals surface area contributed by atoms with E-state index in [4.69, 9.17) is 9.47 Å². The minimum atomic E-state index is 0.542. The summed E-state index contributed by atoms with van der Waals surface area (Å²) in [5.41, 5.74) is 0. The summed E-state index contributed by atoms with van der Waals surface area (Å²) >= 11 is 0. The lowest BCUT2D eigenvalue weighted by atomic mass is 9.93. The van der Waals surface area contributed by atoms with Crippen LogP contribution in [-0.4, -0.2) is 25.9 Å². The molecule has 2 nitrogen and oxygen atoms in total. The third kappa shape index (κ3) is 1.18. The molecule has 0 aliphatic carbocycles. The largest absolute Gasteiger partial charge is 0.381 e. The summed E-state index contributed by atoms with van der Waals surface area (Å²) in [7, 11) is 0. The quantitative estimate of drug-likeness (QED) is 0.506. The van der Waals surface area contributed by atoms with Gasteiger partial charge in [0.05, 0.1) is 19.3 Å². The first-order valence-corrected chi connectivity index (χ1v) is 4.16. The molecule has 0 saturated carbocycles. The Labute approximate surface area is 61.5 Å². The third-order valence-corrected chi connectivity index (χ3v) is 2.41. The molecule has 0 amide bonds. The molecule has 2 saturated heterocycles. The zero-order chi connectivity index (χ0) is 6.81. The predicted octanol–water partition coefficient (Wildman–Crippen LogP) is 1.20. The minimum Gasteiger partial charge on any atom is -0.381 e. The van der Waals surface area contributed by atoms with Crippen LogP contribution >= 0.6 is 0 Å². The topological polar surface area (TPSA) is 18.5 Å². The molecule has 0 radical (unpaired) electrons. The van der Waals surface area contributed by atoms with Crippen molar-refractivity contribution >= 4 is 0 Å². The number of ether oxygens (including phenoxy) is 2. The molecule has 0 aromatic rings. The van der Waals surface area contributed by atoms with Gasteiger partial charge >= 0.3 is 0 Å². The Bertz CT molecular complexity index is 99.8. The lowest BCUT2D eigenvalue weighted by Crippen LogP contribution is -2.43. The fraction of sp³-hybridized carbons (Fsp3) is 1.00. The van der Waals surface area contributed by atoms with E-state index in [9.17, 15) is 0 Å². The first-order valence-electron chi connectivity index (χ1n) is 4.16. The van der Waals surface area contributed by atoms with Crippen LogP contribution in [0.25, 0.3) is 0 Å². The second kappa shape index (κ2) is 2.89. The van der Waals surface area contributed by atoms with Crippen molar-refractivity contribution < 1.29 is 9.47 Å². The molecule has 2 aliphatic heterocycles. The van der Waals surface area contributed by atoms with E-state index in [-0.39, 0.29) is 0 Å². The Hall–Kier alpha value is -0.0800. The predicted molar refractivity (Wildman–Crippen MR) is 37.9 cm³/mol. The number of rotatable bonds is 0. The van der Waals surface area contributed by atoms with Crippen molar-refractivity contribution in [2.45, 2.75) is 25.4 Å². The van der Waals surface area contributed by atoms with Crippen molar-refractivity contribution in [1.29, 1.82) is 0 Å². The zero-order valence-electron chi connectivity index (χ0n) is 6.21. The summed E-state index contributed by atoms with van der Waals surface area (Å²) in [4.78, 5) is 0. The van der Waals surface area contributed by atoms with Gasteiger partial charge in [-0.2, -0.15) is 0 Å². The molecule has 2 rings (SSSR count). The lowest BCUT2D eigenvalue weighted by Gasteiger charge is -2.38. The maximum Gasteiger partial charge on any atom is 0.0647 e. The minimum absolute atomic E-state index is 0.542. The smallest absolute Gasteiger partial charge is 0.0647 e. The van der Waals surface area contributed by atoms with Gasteiger partial charge in [-0.3, -0.25) is 0 Å². The Morgan fingerprint density at radius 2 is 2.10 bits per heavy atom. The Kier molecular flexibility index (Phi) is 1.91. The number of hydrogen-bond donors (Lipinski definition) is 0. The van der Waals surface area contributed by atoms with E-state index in [1.54, 1.807) is 0 Å². The van der Waals surface area contributed by atoms with E-state index >= 15 is 0 Å². The van der Waals surface area contributed by atoms with Crippen LogP contribution in [-0.2, 0) is 9.47 Å². The van der Waals surface area contributed by atoms with E-state index in [0.717, 1.165) is 25.7 Å². The fourth-order valence-electron chi connectivity index (χ4n) is 1.63. The summed E-state index contributed by atoms with van der Waals surface area (Å²) in [6.45, 7) is 2.83. The highest BCUT2D eigenvalue weighted by atomic mass is 16.5. The van der Waals surface area contributed by atoms with Crippen molar-refractivity contribution in [2.24, 2.45) is 5.92 Å². The van der Waals surface area contributed by atoms with E-state index in [1.807, 2.05) is 0 Å². The van der Waals surface area contributed by atoms with Crippen molar-refractivity contribution in [2.75, 3.05) is 19.8 Å². The maximum absolute atomic E-state index is 5.43. The van der Waals surface area contributed by atoms with Gasteiger partial charge in [0.1, 0.15) is 0 Å². The van der Waals surface area contributed by atoms with Gasteiger partial charge in [-0.1, -0.05) is 0 Å². The van der Waals surface area contributed by atoms with Crippen LogP contribution in [0.5, 0.6) is 0 Å². The first-order chi connectivity index (χ1) is 4.97. The number of hydrogen-bond acceptors (Lipinski definition) is 2. The van der Waals surface area contributed by atoms with Gasteiger partial charge in [0.25, 0.3) is 0 Å². The van der Waals surface area contributed by atoms with Crippen molar-refractivity contribution in [3.63, 3.8) is 0 Å². The van der Waals surface area contributed by atoms with Crippen molar-refractivity contribution in [1.82, 2.24) is 0 Å². The van der Waals surface area contributed by atoms with Crippen molar-refractivity contribution in [3.8, 4) is 0 Å². The van der Waals surface area contributed by atoms with Crippen molar-refractivity contribution in [3.05, 3.63) is 0 Å². The zero-order valence-corrected chi connectivity index (χ0v) is 6.21. The molecule has 58 valence electrons. The van der Waals surface area contributed by atoms with E-state index in [0.29, 0.717) is 6.10 Å². The molecule has 0 N–H and O–H groups in total. The van der Waals surface area contributed by atoms with Crippen LogP contribution in [0.4, 0.5) is 0 Å². The van der Waals surface area contributed by atoms with Gasteiger partial charge in [0.2, 0.25) is 0 Å². The molecule has 2 heterocycles. The van der Waals surface area contributed by atoms with Crippen LogP contribution in [0.15, 0.2) is 0 Å². The summed E-state index contributed by atoms with van der Waals surface area (Å²) in [5, 5.41) is 0. The van der Waals surface area contributed by atoms with Gasteiger partial charge in [-0.05, 0) is 19.3 Å². The van der Waals surface area contributed by atoms with Gasteiger partial charge < -0.3 is 9.47 Å². The Morgan fingerprint density at radius 1 is 1.10 bits per heavy atom. The Morgan fingerprint density at radius 3 is 2.90 bits per heavy atom. The molecule has 2 aliphatic rings. The monoisotopic (exact) mass is 142 g/mol. The molecule has 2 atom stereocenters. The average molecular weight is 142 g/mol. The molecule has 0 bridgehead atoms. The van der Waals surface area contributed by atoms with Gasteiger partial charge in [0, 0.05) is 12.5 Å². The second-order valence-corrected chi connectivity index (χ2v) is 3.20. The molecular formula is C8H14O2. The summed E-state index contributed by atoms with van der Waals surface area (Å²) < 4.78 is 10.8. The van der Waals surface area contributed by atoms with E-state index in [2.05, 4.69) is 0 Å². The normalized spacial score (nSPS) is 40.8. The molecule has 2 heteroatoms. The molecule has 10 heavy (non-hydrogen) atoms. The molecule has 2 unspecified atom stereocenters. The highest BCUT2D eigenvalue weighted by Gasteiger charge is 2.32. The first kappa shape index (κ1) is 6.62. The highest BCUT2D eigenvalue weighted by Crippen LogP contribution is 2.26. The SMILES string of the molecule is C1CCC2OCC2COC1. The Balaban J connectivity index is 1.83. The maximum atomic E-state index is 5.43. The van der Waals surface area contributed by atoms with E-state index in [1.165, 1.54) is 19.3 Å². The molecule has 0 spiro atoms. The standard InChI is InChI=1S/C8H14O2/c1-2-4-9-5-7-6-10-8(7)3-1/h7-8H,1-6H2. The van der Waals surface area contributed by atoms with Gasteiger partial charge in [0.15, 0.2) is 0 Å². The van der Waals surface area contributed by atoms with Gasteiger partial charge in [-0.25, -0.2) is 0 Å². The summed E-state index contributed by atoms with van der Waals surface area (Å²) in [6.07, 6.45) is 4.29. The summed E-state index contributed by atoms with van der Waals surface area (Å²) in [6, 6.07) is 0. The van der Waals surface area contributed by atoms with Crippen LogP contribution in [0.3, 0.4) is 0 Å². The molecule has 0 aromatic carbocycles. The lowest BCUT2D eigenvalue weighted by molar-refractivity contribution is -0.150. The average Bonchev–Trinajstić information content (AvgIpc) is 1.89. The fourth-order valence-corrected chi connectivity index (χ4v) is 1.63. The van der Waals surface area contributed by atoms with E-state index < -0.39 is 0 Å². The summed E-state index contributed by atoms with van der Waals surface area (Å²) in [5.74, 6) is 0.722. The third-order valence-electron chi connectivity index (χ3n) is 2.41. The van der Waals surface area contributed by atoms with Crippen LogP contribution in [0.1, 0.15) is 19.3 Å².